The van der Waals surface area contributed by atoms with Crippen molar-refractivity contribution in [2.24, 2.45) is 5.92 Å². The summed E-state index contributed by atoms with van der Waals surface area (Å²) in [5.41, 5.74) is 1.46. The van der Waals surface area contributed by atoms with Crippen molar-refractivity contribution in [1.82, 2.24) is 5.32 Å². The van der Waals surface area contributed by atoms with E-state index in [2.05, 4.69) is 10.6 Å². The van der Waals surface area contributed by atoms with Gasteiger partial charge in [0.05, 0.1) is 12.5 Å². The fraction of sp³-hybridized carbons (Fsp3) is 0.417. The van der Waals surface area contributed by atoms with E-state index in [1.807, 2.05) is 24.3 Å². The highest BCUT2D eigenvalue weighted by atomic mass is 16.3. The van der Waals surface area contributed by atoms with E-state index in [4.69, 9.17) is 5.11 Å². The molecule has 1 amide bonds. The highest BCUT2D eigenvalue weighted by Crippen LogP contribution is 2.17. The van der Waals surface area contributed by atoms with Crippen molar-refractivity contribution in [2.75, 3.05) is 18.4 Å². The number of benzene rings is 1. The fourth-order valence-corrected chi connectivity index (χ4v) is 1.89. The summed E-state index contributed by atoms with van der Waals surface area (Å²) in [5.74, 6) is 0.0812. The van der Waals surface area contributed by atoms with Crippen molar-refractivity contribution in [3.05, 3.63) is 29.8 Å². The molecule has 16 heavy (non-hydrogen) atoms. The number of anilines is 1. The van der Waals surface area contributed by atoms with Crippen LogP contribution < -0.4 is 10.6 Å². The summed E-state index contributed by atoms with van der Waals surface area (Å²) in [7, 11) is 0. The monoisotopic (exact) mass is 220 g/mol. The van der Waals surface area contributed by atoms with Gasteiger partial charge in [-0.3, -0.25) is 4.79 Å². The Bertz CT molecular complexity index is 373. The Kier molecular flexibility index (Phi) is 3.54. The molecule has 0 aromatic heterocycles. The van der Waals surface area contributed by atoms with E-state index in [9.17, 15) is 4.79 Å². The van der Waals surface area contributed by atoms with Gasteiger partial charge in [0.2, 0.25) is 5.91 Å². The summed E-state index contributed by atoms with van der Waals surface area (Å²) >= 11 is 0. The average Bonchev–Trinajstić information content (AvgIpc) is 2.83. The Morgan fingerprint density at radius 2 is 2.31 bits per heavy atom. The topological polar surface area (TPSA) is 61.4 Å². The Morgan fingerprint density at radius 3 is 3.00 bits per heavy atom. The number of aliphatic hydroxyl groups excluding tert-OH is 1. The first kappa shape index (κ1) is 11.1. The lowest BCUT2D eigenvalue weighted by Crippen LogP contribution is -2.25. The minimum atomic E-state index is -0.0562. The SMILES string of the molecule is O=C(Nc1ccccc1CO)C1CCNC1. The van der Waals surface area contributed by atoms with Gasteiger partial charge in [0.15, 0.2) is 0 Å². The van der Waals surface area contributed by atoms with Crippen LogP contribution in [-0.2, 0) is 11.4 Å². The van der Waals surface area contributed by atoms with Gasteiger partial charge in [0.25, 0.3) is 0 Å². The molecular formula is C12H16N2O2. The van der Waals surface area contributed by atoms with Crippen LogP contribution in [0.5, 0.6) is 0 Å². The molecule has 4 nitrogen and oxygen atoms in total. The molecular weight excluding hydrogens is 204 g/mol. The normalized spacial score (nSPS) is 19.7. The van der Waals surface area contributed by atoms with E-state index in [-0.39, 0.29) is 18.4 Å². The lowest BCUT2D eigenvalue weighted by atomic mass is 10.1. The molecule has 1 aromatic carbocycles. The van der Waals surface area contributed by atoms with E-state index < -0.39 is 0 Å². The van der Waals surface area contributed by atoms with Crippen LogP contribution in [0.2, 0.25) is 0 Å². The van der Waals surface area contributed by atoms with Crippen LogP contribution in [0.25, 0.3) is 0 Å². The molecule has 3 N–H and O–H groups in total. The first-order valence-electron chi connectivity index (χ1n) is 5.51. The molecule has 0 radical (unpaired) electrons. The van der Waals surface area contributed by atoms with Crippen LogP contribution in [0, 0.1) is 5.92 Å². The minimum Gasteiger partial charge on any atom is -0.392 e. The second kappa shape index (κ2) is 5.09. The van der Waals surface area contributed by atoms with Crippen LogP contribution >= 0.6 is 0 Å². The maximum atomic E-state index is 11.9. The molecule has 1 saturated heterocycles. The zero-order valence-corrected chi connectivity index (χ0v) is 9.07. The van der Waals surface area contributed by atoms with E-state index in [1.54, 1.807) is 0 Å². The summed E-state index contributed by atoms with van der Waals surface area (Å²) in [4.78, 5) is 11.9. The van der Waals surface area contributed by atoms with Crippen LogP contribution in [-0.4, -0.2) is 24.1 Å². The molecule has 1 aliphatic rings. The number of hydrogen-bond donors (Lipinski definition) is 3. The van der Waals surface area contributed by atoms with E-state index in [0.29, 0.717) is 5.69 Å². The number of aliphatic hydroxyl groups is 1. The predicted molar refractivity (Wildman–Crippen MR) is 62.0 cm³/mol. The molecule has 86 valence electrons. The lowest BCUT2D eigenvalue weighted by Gasteiger charge is -2.12. The van der Waals surface area contributed by atoms with Crippen LogP contribution in [0.4, 0.5) is 5.69 Å². The van der Waals surface area contributed by atoms with Crippen molar-refractivity contribution in [2.45, 2.75) is 13.0 Å². The van der Waals surface area contributed by atoms with Gasteiger partial charge in [-0.25, -0.2) is 0 Å². The third-order valence-electron chi connectivity index (χ3n) is 2.88. The van der Waals surface area contributed by atoms with Gasteiger partial charge in [-0.2, -0.15) is 0 Å². The van der Waals surface area contributed by atoms with Gasteiger partial charge >= 0.3 is 0 Å². The highest BCUT2D eigenvalue weighted by Gasteiger charge is 2.22. The molecule has 1 aliphatic heterocycles. The Morgan fingerprint density at radius 1 is 1.50 bits per heavy atom. The fourth-order valence-electron chi connectivity index (χ4n) is 1.89. The van der Waals surface area contributed by atoms with Crippen molar-refractivity contribution in [3.63, 3.8) is 0 Å². The summed E-state index contributed by atoms with van der Waals surface area (Å²) in [6.07, 6.45) is 0.882. The maximum absolute atomic E-state index is 11.9. The molecule has 4 heteroatoms. The number of hydrogen-bond acceptors (Lipinski definition) is 3. The van der Waals surface area contributed by atoms with Gasteiger partial charge in [-0.05, 0) is 19.0 Å². The number of carbonyl (C=O) groups is 1. The zero-order valence-electron chi connectivity index (χ0n) is 9.07. The molecule has 0 spiro atoms. The average molecular weight is 220 g/mol. The molecule has 1 heterocycles. The number of amides is 1. The van der Waals surface area contributed by atoms with Gasteiger partial charge in [0, 0.05) is 17.8 Å². The van der Waals surface area contributed by atoms with Gasteiger partial charge in [-0.15, -0.1) is 0 Å². The first-order valence-corrected chi connectivity index (χ1v) is 5.51. The van der Waals surface area contributed by atoms with E-state index in [1.165, 1.54) is 0 Å². The standard InChI is InChI=1S/C12H16N2O2/c15-8-10-3-1-2-4-11(10)14-12(16)9-5-6-13-7-9/h1-4,9,13,15H,5-8H2,(H,14,16). The molecule has 2 rings (SSSR count). The molecule has 1 aromatic rings. The number of nitrogens with one attached hydrogen (secondary N) is 2. The van der Waals surface area contributed by atoms with Crippen molar-refractivity contribution >= 4 is 11.6 Å². The Labute approximate surface area is 94.7 Å². The largest absolute Gasteiger partial charge is 0.392 e. The second-order valence-electron chi connectivity index (χ2n) is 3.99. The molecule has 1 fully saturated rings. The highest BCUT2D eigenvalue weighted by molar-refractivity contribution is 5.93. The first-order chi connectivity index (χ1) is 7.81. The quantitative estimate of drug-likeness (QED) is 0.703. The van der Waals surface area contributed by atoms with Crippen LogP contribution in [0.15, 0.2) is 24.3 Å². The Hall–Kier alpha value is -1.39. The van der Waals surface area contributed by atoms with Gasteiger partial charge in [0.1, 0.15) is 0 Å². The Balaban J connectivity index is 2.05. The van der Waals surface area contributed by atoms with E-state index in [0.717, 1.165) is 25.1 Å². The minimum absolute atomic E-state index is 0.0332. The van der Waals surface area contributed by atoms with E-state index >= 15 is 0 Å². The number of rotatable bonds is 3. The van der Waals surface area contributed by atoms with Gasteiger partial charge in [-0.1, -0.05) is 18.2 Å². The molecule has 0 aliphatic carbocycles. The third-order valence-corrected chi connectivity index (χ3v) is 2.88. The van der Waals surface area contributed by atoms with Crippen LogP contribution in [0.3, 0.4) is 0 Å². The molecule has 1 unspecified atom stereocenters. The molecule has 1 atom stereocenters. The molecule has 0 saturated carbocycles. The van der Waals surface area contributed by atoms with Gasteiger partial charge < -0.3 is 15.7 Å². The summed E-state index contributed by atoms with van der Waals surface area (Å²) in [5, 5.41) is 15.2. The number of carbonyl (C=O) groups excluding carboxylic acids is 1. The third kappa shape index (κ3) is 2.40. The lowest BCUT2D eigenvalue weighted by molar-refractivity contribution is -0.119. The summed E-state index contributed by atoms with van der Waals surface area (Å²) in [6.45, 7) is 1.59. The summed E-state index contributed by atoms with van der Waals surface area (Å²) in [6, 6.07) is 7.31. The van der Waals surface area contributed by atoms with Crippen molar-refractivity contribution < 1.29 is 9.90 Å². The zero-order chi connectivity index (χ0) is 11.4. The number of para-hydroxylation sites is 1. The van der Waals surface area contributed by atoms with Crippen molar-refractivity contribution in [3.8, 4) is 0 Å². The maximum Gasteiger partial charge on any atom is 0.228 e. The predicted octanol–water partition coefficient (Wildman–Crippen LogP) is 0.727. The van der Waals surface area contributed by atoms with Crippen molar-refractivity contribution in [1.29, 1.82) is 0 Å². The van der Waals surface area contributed by atoms with Crippen LogP contribution in [0.1, 0.15) is 12.0 Å². The second-order valence-corrected chi connectivity index (χ2v) is 3.99. The summed E-state index contributed by atoms with van der Waals surface area (Å²) < 4.78 is 0. The smallest absolute Gasteiger partial charge is 0.228 e. The molecule has 0 bridgehead atoms.